The van der Waals surface area contributed by atoms with Gasteiger partial charge in [0.1, 0.15) is 13.2 Å². The molecule has 0 unspecified atom stereocenters. The van der Waals surface area contributed by atoms with Gasteiger partial charge in [-0.2, -0.15) is 0 Å². The number of rotatable bonds is 10. The van der Waals surface area contributed by atoms with Crippen molar-refractivity contribution < 1.29 is 23.1 Å². The Morgan fingerprint density at radius 3 is 1.64 bits per heavy atom. The van der Waals surface area contributed by atoms with Crippen LogP contribution in [0.1, 0.15) is 13.8 Å². The summed E-state index contributed by atoms with van der Waals surface area (Å²) < 4.78 is 30.6. The quantitative estimate of drug-likeness (QED) is 0.418. The summed E-state index contributed by atoms with van der Waals surface area (Å²) in [6, 6.07) is 0. The van der Waals surface area contributed by atoms with Crippen molar-refractivity contribution in [2.75, 3.05) is 39.6 Å². The minimum Gasteiger partial charge on any atom is -0.379 e. The van der Waals surface area contributed by atoms with Crippen LogP contribution in [-0.2, 0) is 23.1 Å². The maximum absolute atomic E-state index is 11.0. The Hall–Kier alpha value is -0.0600. The van der Waals surface area contributed by atoms with E-state index < -0.39 is 8.25 Å². The molecule has 0 aromatic rings. The molecule has 84 valence electrons. The lowest BCUT2D eigenvalue weighted by atomic mass is 10.8. The van der Waals surface area contributed by atoms with Crippen LogP contribution in [-0.4, -0.2) is 39.6 Å². The van der Waals surface area contributed by atoms with Gasteiger partial charge in [0.15, 0.2) is 0 Å². The Kier molecular flexibility index (Phi) is 11.0. The van der Waals surface area contributed by atoms with Gasteiger partial charge in [-0.1, -0.05) is 0 Å². The average molecular weight is 225 g/mol. The Morgan fingerprint density at radius 2 is 1.29 bits per heavy atom. The van der Waals surface area contributed by atoms with Gasteiger partial charge in [-0.3, -0.25) is 0 Å². The maximum Gasteiger partial charge on any atom is 0.697 e. The molecule has 0 fully saturated rings. The molecule has 0 amide bonds. The highest BCUT2D eigenvalue weighted by Gasteiger charge is 2.19. The SMILES string of the molecule is CCOCCO[P+](=O)OCCOCC. The van der Waals surface area contributed by atoms with Gasteiger partial charge < -0.3 is 9.47 Å². The van der Waals surface area contributed by atoms with Gasteiger partial charge in [0, 0.05) is 17.8 Å². The van der Waals surface area contributed by atoms with Crippen LogP contribution in [0.5, 0.6) is 0 Å². The molecule has 0 saturated carbocycles. The zero-order valence-corrected chi connectivity index (χ0v) is 9.63. The summed E-state index contributed by atoms with van der Waals surface area (Å²) in [4.78, 5) is 0. The summed E-state index contributed by atoms with van der Waals surface area (Å²) >= 11 is 0. The Labute approximate surface area is 85.6 Å². The van der Waals surface area contributed by atoms with Gasteiger partial charge in [0.25, 0.3) is 0 Å². The van der Waals surface area contributed by atoms with E-state index in [1.165, 1.54) is 0 Å². The molecule has 0 spiro atoms. The van der Waals surface area contributed by atoms with Crippen molar-refractivity contribution >= 4 is 8.25 Å². The molecule has 0 aliphatic carbocycles. The fourth-order valence-electron chi connectivity index (χ4n) is 0.667. The maximum atomic E-state index is 11.0. The van der Waals surface area contributed by atoms with E-state index in [2.05, 4.69) is 0 Å². The molecule has 0 aromatic heterocycles. The van der Waals surface area contributed by atoms with Crippen molar-refractivity contribution in [2.45, 2.75) is 13.8 Å². The molecule has 0 aliphatic heterocycles. The summed E-state index contributed by atoms with van der Waals surface area (Å²) in [5.74, 6) is 0. The first-order valence-corrected chi connectivity index (χ1v) is 5.79. The number of hydrogen-bond acceptors (Lipinski definition) is 5. The summed E-state index contributed by atoms with van der Waals surface area (Å²) in [6.07, 6.45) is 0. The average Bonchev–Trinajstić information content (AvgIpc) is 2.19. The largest absolute Gasteiger partial charge is 0.697 e. The number of ether oxygens (including phenoxy) is 2. The van der Waals surface area contributed by atoms with Crippen LogP contribution < -0.4 is 0 Å². The second kappa shape index (κ2) is 11.0. The van der Waals surface area contributed by atoms with Crippen LogP contribution in [0.15, 0.2) is 0 Å². The Balaban J connectivity index is 3.11. The summed E-state index contributed by atoms with van der Waals surface area (Å²) in [7, 11) is -2.02. The Morgan fingerprint density at radius 1 is 0.857 bits per heavy atom. The van der Waals surface area contributed by atoms with E-state index in [0.717, 1.165) is 0 Å². The molecule has 0 N–H and O–H groups in total. The van der Waals surface area contributed by atoms with Crippen LogP contribution in [0.4, 0.5) is 0 Å². The van der Waals surface area contributed by atoms with Crippen LogP contribution in [0, 0.1) is 0 Å². The van der Waals surface area contributed by atoms with Crippen LogP contribution in [0.25, 0.3) is 0 Å². The van der Waals surface area contributed by atoms with Crippen molar-refractivity contribution in [3.8, 4) is 0 Å². The van der Waals surface area contributed by atoms with E-state index in [-0.39, 0.29) is 13.2 Å². The van der Waals surface area contributed by atoms with Crippen LogP contribution in [0.2, 0.25) is 0 Å². The molecule has 5 nitrogen and oxygen atoms in total. The molecule has 14 heavy (non-hydrogen) atoms. The smallest absolute Gasteiger partial charge is 0.379 e. The Bertz CT molecular complexity index is 128. The van der Waals surface area contributed by atoms with E-state index >= 15 is 0 Å². The molecule has 0 rings (SSSR count). The number of hydrogen-bond donors (Lipinski definition) is 0. The van der Waals surface area contributed by atoms with E-state index in [9.17, 15) is 4.57 Å². The first kappa shape index (κ1) is 13.9. The predicted molar refractivity (Wildman–Crippen MR) is 52.5 cm³/mol. The van der Waals surface area contributed by atoms with Crippen molar-refractivity contribution in [1.82, 2.24) is 0 Å². The fourth-order valence-corrected chi connectivity index (χ4v) is 1.19. The summed E-state index contributed by atoms with van der Waals surface area (Å²) in [6.45, 7) is 6.49. The van der Waals surface area contributed by atoms with Crippen molar-refractivity contribution in [2.24, 2.45) is 0 Å². The molecule has 0 bridgehead atoms. The molecule has 0 saturated heterocycles. The third-order valence-corrected chi connectivity index (χ3v) is 2.04. The van der Waals surface area contributed by atoms with Gasteiger partial charge in [-0.15, -0.1) is 9.05 Å². The van der Waals surface area contributed by atoms with Crippen LogP contribution in [0.3, 0.4) is 0 Å². The zero-order valence-electron chi connectivity index (χ0n) is 8.73. The van der Waals surface area contributed by atoms with Crippen molar-refractivity contribution in [1.29, 1.82) is 0 Å². The molecular weight excluding hydrogens is 207 g/mol. The highest BCUT2D eigenvalue weighted by molar-refractivity contribution is 7.33. The van der Waals surface area contributed by atoms with Gasteiger partial charge in [0.2, 0.25) is 0 Å². The van der Waals surface area contributed by atoms with Gasteiger partial charge in [-0.05, 0) is 13.8 Å². The monoisotopic (exact) mass is 225 g/mol. The molecule has 0 radical (unpaired) electrons. The van der Waals surface area contributed by atoms with Gasteiger partial charge in [0.05, 0.1) is 13.2 Å². The third-order valence-electron chi connectivity index (χ3n) is 1.26. The summed E-state index contributed by atoms with van der Waals surface area (Å²) in [5, 5.41) is 0. The minimum absolute atomic E-state index is 0.289. The predicted octanol–water partition coefficient (Wildman–Crippen LogP) is 1.75. The molecule has 0 aliphatic rings. The van der Waals surface area contributed by atoms with Gasteiger partial charge in [-0.25, -0.2) is 0 Å². The lowest BCUT2D eigenvalue weighted by Crippen LogP contribution is -2.03. The standard InChI is InChI=1S/C8H18O5P/c1-3-10-5-7-12-14(9)13-8-6-11-4-2/h3-8H2,1-2H3/q+1. The van der Waals surface area contributed by atoms with Crippen molar-refractivity contribution in [3.63, 3.8) is 0 Å². The lowest BCUT2D eigenvalue weighted by Gasteiger charge is -1.95. The second-order valence-corrected chi connectivity index (χ2v) is 3.25. The molecule has 0 aromatic carbocycles. The normalized spacial score (nSPS) is 10.4. The van der Waals surface area contributed by atoms with Gasteiger partial charge >= 0.3 is 8.25 Å². The summed E-state index contributed by atoms with van der Waals surface area (Å²) in [5.41, 5.74) is 0. The molecule has 0 heterocycles. The first-order chi connectivity index (χ1) is 6.81. The third kappa shape index (κ3) is 10.0. The molecular formula is C8H18O5P+. The topological polar surface area (TPSA) is 54.0 Å². The first-order valence-electron chi connectivity index (χ1n) is 4.69. The van der Waals surface area contributed by atoms with Crippen molar-refractivity contribution in [3.05, 3.63) is 0 Å². The van der Waals surface area contributed by atoms with E-state index in [1.807, 2.05) is 13.8 Å². The van der Waals surface area contributed by atoms with E-state index in [4.69, 9.17) is 18.5 Å². The highest BCUT2D eigenvalue weighted by Crippen LogP contribution is 2.22. The fraction of sp³-hybridized carbons (Fsp3) is 1.00. The molecule has 0 atom stereocenters. The zero-order chi connectivity index (χ0) is 10.6. The molecule has 6 heteroatoms. The highest BCUT2D eigenvalue weighted by atomic mass is 31.1. The van der Waals surface area contributed by atoms with E-state index in [1.54, 1.807) is 0 Å². The van der Waals surface area contributed by atoms with E-state index in [0.29, 0.717) is 26.4 Å². The van der Waals surface area contributed by atoms with Crippen LogP contribution >= 0.6 is 8.25 Å². The lowest BCUT2D eigenvalue weighted by molar-refractivity contribution is 0.0876. The minimum atomic E-state index is -2.02. The second-order valence-electron chi connectivity index (χ2n) is 2.28.